The third-order valence-corrected chi connectivity index (χ3v) is 2.70. The minimum atomic E-state index is -0.620. The van der Waals surface area contributed by atoms with E-state index in [0.717, 1.165) is 6.42 Å². The lowest BCUT2D eigenvalue weighted by atomic mass is 10.2. The first kappa shape index (κ1) is 15.0. The van der Waals surface area contributed by atoms with Crippen LogP contribution in [0.15, 0.2) is 12.2 Å². The molecule has 1 heterocycles. The maximum absolute atomic E-state index is 12.2. The molecule has 0 N–H and O–H groups in total. The van der Waals surface area contributed by atoms with E-state index in [9.17, 15) is 4.79 Å². The molecule has 4 nitrogen and oxygen atoms in total. The maximum Gasteiger partial charge on any atom is 0.413 e. The molecule has 0 saturated carbocycles. The van der Waals surface area contributed by atoms with Gasteiger partial charge in [-0.1, -0.05) is 19.1 Å². The van der Waals surface area contributed by atoms with Crippen LogP contribution in [0.1, 0.15) is 48.0 Å². The number of amides is 1. The van der Waals surface area contributed by atoms with Gasteiger partial charge in [0, 0.05) is 0 Å². The van der Waals surface area contributed by atoms with E-state index in [2.05, 4.69) is 6.92 Å². The fourth-order valence-electron chi connectivity index (χ4n) is 1.93. The van der Waals surface area contributed by atoms with Crippen molar-refractivity contribution in [2.24, 2.45) is 0 Å². The zero-order valence-corrected chi connectivity index (χ0v) is 12.3. The second-order valence-electron chi connectivity index (χ2n) is 6.01. The molecule has 1 fully saturated rings. The van der Waals surface area contributed by atoms with Gasteiger partial charge in [0.25, 0.3) is 0 Å². The largest absolute Gasteiger partial charge is 0.444 e. The summed E-state index contributed by atoms with van der Waals surface area (Å²) in [5.41, 5.74) is -1.11. The molecule has 1 atom stereocenters. The lowest BCUT2D eigenvalue weighted by Crippen LogP contribution is -2.49. The molecule has 1 amide bonds. The quantitative estimate of drug-likeness (QED) is 0.710. The normalized spacial score (nSPS) is 23.7. The molecule has 0 radical (unpaired) electrons. The average Bonchev–Trinajstić information content (AvgIpc) is 2.48. The van der Waals surface area contributed by atoms with Gasteiger partial charge in [0.15, 0.2) is 0 Å². The molecule has 1 saturated heterocycles. The van der Waals surface area contributed by atoms with E-state index in [4.69, 9.17) is 9.47 Å². The summed E-state index contributed by atoms with van der Waals surface area (Å²) in [6.45, 7) is 12.0. The fraction of sp³-hybridized carbons (Fsp3) is 0.786. The van der Waals surface area contributed by atoms with Crippen LogP contribution in [0.3, 0.4) is 0 Å². The molecule has 0 aromatic heterocycles. The predicted molar refractivity (Wildman–Crippen MR) is 71.3 cm³/mol. The summed E-state index contributed by atoms with van der Waals surface area (Å²) >= 11 is 0. The predicted octanol–water partition coefficient (Wildman–Crippen LogP) is 3.32. The number of ether oxygens (including phenoxy) is 2. The topological polar surface area (TPSA) is 38.8 Å². The van der Waals surface area contributed by atoms with Crippen LogP contribution in [0.4, 0.5) is 4.79 Å². The van der Waals surface area contributed by atoms with Crippen molar-refractivity contribution in [3.63, 3.8) is 0 Å². The zero-order valence-electron chi connectivity index (χ0n) is 12.3. The number of nitrogens with zero attached hydrogens (tertiary/aromatic N) is 1. The van der Waals surface area contributed by atoms with Crippen LogP contribution in [0.5, 0.6) is 0 Å². The van der Waals surface area contributed by atoms with E-state index in [-0.39, 0.29) is 12.1 Å². The zero-order chi connectivity index (χ0) is 14.0. The van der Waals surface area contributed by atoms with Gasteiger partial charge < -0.3 is 9.47 Å². The monoisotopic (exact) mass is 255 g/mol. The van der Waals surface area contributed by atoms with Crippen LogP contribution in [-0.4, -0.2) is 35.0 Å². The molecule has 4 heteroatoms. The number of allylic oxidation sites excluding steroid dienone is 1. The summed E-state index contributed by atoms with van der Waals surface area (Å²) < 4.78 is 11.1. The number of carbonyl (C=O) groups excluding carboxylic acids is 1. The van der Waals surface area contributed by atoms with Gasteiger partial charge in [-0.05, 0) is 41.0 Å². The van der Waals surface area contributed by atoms with E-state index in [0.29, 0.717) is 6.61 Å². The highest BCUT2D eigenvalue weighted by Crippen LogP contribution is 2.29. The van der Waals surface area contributed by atoms with Crippen molar-refractivity contribution in [2.75, 3.05) is 6.61 Å². The van der Waals surface area contributed by atoms with E-state index in [1.807, 2.05) is 46.8 Å². The first-order valence-corrected chi connectivity index (χ1v) is 6.50. The second kappa shape index (κ2) is 5.31. The molecule has 104 valence electrons. The minimum absolute atomic E-state index is 0.0465. The average molecular weight is 255 g/mol. The van der Waals surface area contributed by atoms with E-state index in [1.165, 1.54) is 0 Å². The first-order valence-electron chi connectivity index (χ1n) is 6.50. The van der Waals surface area contributed by atoms with Crippen molar-refractivity contribution in [2.45, 2.75) is 65.3 Å². The molecule has 0 aliphatic carbocycles. The summed E-state index contributed by atoms with van der Waals surface area (Å²) in [5.74, 6) is 0. The Hall–Kier alpha value is -1.03. The molecule has 0 spiro atoms. The van der Waals surface area contributed by atoms with Crippen molar-refractivity contribution in [1.82, 2.24) is 4.90 Å². The van der Waals surface area contributed by atoms with Crippen LogP contribution >= 0.6 is 0 Å². The van der Waals surface area contributed by atoms with Gasteiger partial charge in [-0.15, -0.1) is 0 Å². The summed E-state index contributed by atoms with van der Waals surface area (Å²) in [5, 5.41) is 0. The van der Waals surface area contributed by atoms with Gasteiger partial charge in [0.2, 0.25) is 0 Å². The van der Waals surface area contributed by atoms with Gasteiger partial charge in [-0.3, -0.25) is 4.90 Å². The molecular formula is C14H25NO3. The molecule has 0 bridgehead atoms. The maximum atomic E-state index is 12.2. The van der Waals surface area contributed by atoms with E-state index in [1.54, 1.807) is 4.90 Å². The number of hydrogen-bond acceptors (Lipinski definition) is 3. The second-order valence-corrected chi connectivity index (χ2v) is 6.01. The highest BCUT2D eigenvalue weighted by Gasteiger charge is 2.44. The Bertz CT molecular complexity index is 328. The van der Waals surface area contributed by atoms with Gasteiger partial charge in [0.05, 0.1) is 12.6 Å². The van der Waals surface area contributed by atoms with E-state index >= 15 is 0 Å². The first-order chi connectivity index (χ1) is 8.17. The summed E-state index contributed by atoms with van der Waals surface area (Å²) in [4.78, 5) is 13.9. The van der Waals surface area contributed by atoms with Crippen LogP contribution in [-0.2, 0) is 9.47 Å². The lowest BCUT2D eigenvalue weighted by Gasteiger charge is -2.34. The molecule has 1 rings (SSSR count). The third-order valence-electron chi connectivity index (χ3n) is 2.70. The lowest BCUT2D eigenvalue weighted by molar-refractivity contribution is -0.0610. The SMILES string of the molecule is CCC=CC1COC(C)(C)N1C(=O)OC(C)(C)C. The van der Waals surface area contributed by atoms with Gasteiger partial charge >= 0.3 is 6.09 Å². The Morgan fingerprint density at radius 2 is 2.11 bits per heavy atom. The Balaban J connectivity index is 2.85. The third kappa shape index (κ3) is 3.73. The standard InChI is InChI=1S/C14H25NO3/c1-7-8-9-11-10-17-14(5,6)15(11)12(16)18-13(2,3)4/h8-9,11H,7,10H2,1-6H3. The molecule has 18 heavy (non-hydrogen) atoms. The van der Waals surface area contributed by atoms with Crippen molar-refractivity contribution in [1.29, 1.82) is 0 Å². The van der Waals surface area contributed by atoms with Crippen LogP contribution in [0.2, 0.25) is 0 Å². The molecule has 1 unspecified atom stereocenters. The smallest absolute Gasteiger partial charge is 0.413 e. The van der Waals surface area contributed by atoms with Crippen LogP contribution < -0.4 is 0 Å². The highest BCUT2D eigenvalue weighted by molar-refractivity contribution is 5.70. The molecule has 1 aliphatic heterocycles. The van der Waals surface area contributed by atoms with Crippen molar-refractivity contribution >= 4 is 6.09 Å². The van der Waals surface area contributed by atoms with Crippen LogP contribution in [0, 0.1) is 0 Å². The van der Waals surface area contributed by atoms with Gasteiger partial charge in [-0.2, -0.15) is 0 Å². The van der Waals surface area contributed by atoms with Crippen molar-refractivity contribution in [3.05, 3.63) is 12.2 Å². The fourth-order valence-corrected chi connectivity index (χ4v) is 1.93. The Labute approximate surface area is 110 Å². The Kier molecular flexibility index (Phi) is 4.43. The van der Waals surface area contributed by atoms with Crippen LogP contribution in [0.25, 0.3) is 0 Å². The highest BCUT2D eigenvalue weighted by atomic mass is 16.6. The number of hydrogen-bond donors (Lipinski definition) is 0. The minimum Gasteiger partial charge on any atom is -0.444 e. The Morgan fingerprint density at radius 3 is 2.61 bits per heavy atom. The van der Waals surface area contributed by atoms with Gasteiger partial charge in [0.1, 0.15) is 11.3 Å². The summed E-state index contributed by atoms with van der Waals surface area (Å²) in [7, 11) is 0. The van der Waals surface area contributed by atoms with Crippen molar-refractivity contribution < 1.29 is 14.3 Å². The molecule has 1 aliphatic rings. The number of rotatable bonds is 2. The molecule has 0 aromatic carbocycles. The van der Waals surface area contributed by atoms with Crippen molar-refractivity contribution in [3.8, 4) is 0 Å². The molecular weight excluding hydrogens is 230 g/mol. The summed E-state index contributed by atoms with van der Waals surface area (Å²) in [6.07, 6.45) is 4.68. The van der Waals surface area contributed by atoms with E-state index < -0.39 is 11.3 Å². The Morgan fingerprint density at radius 1 is 1.50 bits per heavy atom. The van der Waals surface area contributed by atoms with Gasteiger partial charge in [-0.25, -0.2) is 4.79 Å². The number of carbonyl (C=O) groups is 1. The molecule has 0 aromatic rings. The summed E-state index contributed by atoms with van der Waals surface area (Å²) in [6, 6.07) is -0.0465.